The predicted octanol–water partition coefficient (Wildman–Crippen LogP) is 5.14. The van der Waals surface area contributed by atoms with Crippen LogP contribution in [0.25, 0.3) is 4.85 Å². The van der Waals surface area contributed by atoms with Crippen LogP contribution in [0.3, 0.4) is 0 Å². The molecule has 28 heavy (non-hydrogen) atoms. The number of hydrogen-bond acceptors (Lipinski definition) is 4. The lowest BCUT2D eigenvalue weighted by Crippen LogP contribution is -2.35. The van der Waals surface area contributed by atoms with E-state index in [4.69, 9.17) is 22.9 Å². The highest BCUT2D eigenvalue weighted by atomic mass is 35.5. The van der Waals surface area contributed by atoms with Gasteiger partial charge in [0.2, 0.25) is 11.6 Å². The van der Waals surface area contributed by atoms with E-state index in [-0.39, 0.29) is 5.69 Å². The van der Waals surface area contributed by atoms with E-state index in [1.54, 1.807) is 18.5 Å². The van der Waals surface area contributed by atoms with Gasteiger partial charge in [-0.25, -0.2) is 19.2 Å². The Hall–Kier alpha value is -2.39. The number of rotatable bonds is 6. The first kappa shape index (κ1) is 18.9. The zero-order chi connectivity index (χ0) is 19.5. The Kier molecular flexibility index (Phi) is 5.63. The van der Waals surface area contributed by atoms with Crippen LogP contribution < -0.4 is 9.64 Å². The van der Waals surface area contributed by atoms with Gasteiger partial charge in [0.15, 0.2) is 0 Å². The van der Waals surface area contributed by atoms with Gasteiger partial charge in [0.05, 0.1) is 30.6 Å². The molecule has 1 aromatic heterocycles. The van der Waals surface area contributed by atoms with Crippen molar-refractivity contribution >= 4 is 23.2 Å². The van der Waals surface area contributed by atoms with Crippen molar-refractivity contribution in [2.45, 2.75) is 25.7 Å². The number of halogens is 2. The van der Waals surface area contributed by atoms with Crippen molar-refractivity contribution in [3.63, 3.8) is 0 Å². The number of hydrogen-bond donors (Lipinski definition) is 0. The Morgan fingerprint density at radius 1 is 1.21 bits per heavy atom. The Morgan fingerprint density at radius 2 is 1.96 bits per heavy atom. The van der Waals surface area contributed by atoms with Crippen molar-refractivity contribution in [1.29, 1.82) is 0 Å². The van der Waals surface area contributed by atoms with Gasteiger partial charge in [-0.2, -0.15) is 0 Å². The SMILES string of the molecule is [C-]#[N+]c1ccc(OCC2CC2CC2CCN(c3ncc(Cl)cn3)CC2)cc1F. The third-order valence-electron chi connectivity index (χ3n) is 5.71. The lowest BCUT2D eigenvalue weighted by atomic mass is 9.91. The molecule has 1 saturated carbocycles. The molecule has 2 unspecified atom stereocenters. The van der Waals surface area contributed by atoms with Crippen LogP contribution in [0.2, 0.25) is 5.02 Å². The van der Waals surface area contributed by atoms with Crippen molar-refractivity contribution in [3.05, 3.63) is 52.8 Å². The predicted molar refractivity (Wildman–Crippen MR) is 106 cm³/mol. The van der Waals surface area contributed by atoms with E-state index in [0.717, 1.165) is 37.8 Å². The van der Waals surface area contributed by atoms with E-state index in [1.807, 2.05) is 0 Å². The smallest absolute Gasteiger partial charge is 0.225 e. The summed E-state index contributed by atoms with van der Waals surface area (Å²) in [5, 5.41) is 0.561. The monoisotopic (exact) mass is 400 g/mol. The zero-order valence-corrected chi connectivity index (χ0v) is 16.3. The first-order valence-electron chi connectivity index (χ1n) is 9.64. The zero-order valence-electron chi connectivity index (χ0n) is 15.5. The lowest BCUT2D eigenvalue weighted by Gasteiger charge is -2.32. The largest absolute Gasteiger partial charge is 0.493 e. The summed E-state index contributed by atoms with van der Waals surface area (Å²) >= 11 is 5.85. The number of piperidine rings is 1. The summed E-state index contributed by atoms with van der Waals surface area (Å²) in [7, 11) is 0. The molecule has 0 radical (unpaired) electrons. The maximum Gasteiger partial charge on any atom is 0.225 e. The maximum atomic E-state index is 13.6. The molecule has 0 amide bonds. The third kappa shape index (κ3) is 4.53. The molecule has 146 valence electrons. The summed E-state index contributed by atoms with van der Waals surface area (Å²) in [6, 6.07) is 4.45. The Balaban J connectivity index is 1.18. The number of aromatic nitrogens is 2. The van der Waals surface area contributed by atoms with E-state index < -0.39 is 5.82 Å². The fourth-order valence-corrected chi connectivity index (χ4v) is 4.04. The first-order chi connectivity index (χ1) is 13.6. The minimum absolute atomic E-state index is 0.0343. The quantitative estimate of drug-likeness (QED) is 0.629. The average molecular weight is 401 g/mol. The van der Waals surface area contributed by atoms with Gasteiger partial charge >= 0.3 is 0 Å². The number of ether oxygens (including phenoxy) is 1. The van der Waals surface area contributed by atoms with Crippen LogP contribution in [0.15, 0.2) is 30.6 Å². The molecule has 7 heteroatoms. The summed E-state index contributed by atoms with van der Waals surface area (Å²) in [6.07, 6.45) is 8.01. The average Bonchev–Trinajstić information content (AvgIpc) is 3.45. The van der Waals surface area contributed by atoms with Crippen molar-refractivity contribution in [2.24, 2.45) is 17.8 Å². The van der Waals surface area contributed by atoms with E-state index in [1.165, 1.54) is 25.0 Å². The number of anilines is 1. The fraction of sp³-hybridized carbons (Fsp3) is 0.476. The highest BCUT2D eigenvalue weighted by Gasteiger charge is 2.39. The molecule has 1 saturated heterocycles. The second-order valence-corrected chi connectivity index (χ2v) is 8.10. The molecule has 2 aromatic rings. The number of nitrogens with zero attached hydrogens (tertiary/aromatic N) is 4. The third-order valence-corrected chi connectivity index (χ3v) is 5.91. The molecule has 2 aliphatic rings. The molecular weight excluding hydrogens is 379 g/mol. The van der Waals surface area contributed by atoms with Crippen molar-refractivity contribution in [1.82, 2.24) is 9.97 Å². The Bertz CT molecular complexity index is 862. The molecule has 2 atom stereocenters. The van der Waals surface area contributed by atoms with Crippen LogP contribution in [0.4, 0.5) is 16.0 Å². The first-order valence-corrected chi connectivity index (χ1v) is 10.0. The van der Waals surface area contributed by atoms with Crippen molar-refractivity contribution in [3.8, 4) is 5.75 Å². The summed E-state index contributed by atoms with van der Waals surface area (Å²) in [4.78, 5) is 14.0. The minimum Gasteiger partial charge on any atom is -0.493 e. The second kappa shape index (κ2) is 8.32. The van der Waals surface area contributed by atoms with Crippen LogP contribution in [0, 0.1) is 30.1 Å². The van der Waals surface area contributed by atoms with Crippen molar-refractivity contribution < 1.29 is 9.13 Å². The molecule has 1 aromatic carbocycles. The van der Waals surface area contributed by atoms with Crippen LogP contribution in [-0.2, 0) is 0 Å². The molecule has 5 nitrogen and oxygen atoms in total. The highest BCUT2D eigenvalue weighted by Crippen LogP contribution is 2.45. The minimum atomic E-state index is -0.517. The summed E-state index contributed by atoms with van der Waals surface area (Å²) in [5.41, 5.74) is 0.0343. The van der Waals surface area contributed by atoms with Crippen LogP contribution >= 0.6 is 11.6 Å². The summed E-state index contributed by atoms with van der Waals surface area (Å²) in [5.74, 6) is 2.74. The van der Waals surface area contributed by atoms with Crippen LogP contribution in [0.1, 0.15) is 25.7 Å². The van der Waals surface area contributed by atoms with Gasteiger partial charge in [0.25, 0.3) is 0 Å². The standard InChI is InChI=1S/C21H22ClFN4O/c1-24-20-3-2-18(10-19(20)23)28-13-16-9-15(16)8-14-4-6-27(7-5-14)21-25-11-17(22)12-26-21/h2-3,10-12,14-16H,4-9,13H2. The molecular formula is C21H22ClFN4O. The normalized spacial score (nSPS) is 22.0. The molecule has 1 aliphatic carbocycles. The van der Waals surface area contributed by atoms with Gasteiger partial charge in [-0.3, -0.25) is 0 Å². The second-order valence-electron chi connectivity index (χ2n) is 7.66. The van der Waals surface area contributed by atoms with E-state index >= 15 is 0 Å². The number of benzene rings is 1. The summed E-state index contributed by atoms with van der Waals surface area (Å²) < 4.78 is 19.4. The van der Waals surface area contributed by atoms with Crippen molar-refractivity contribution in [2.75, 3.05) is 24.6 Å². The molecule has 0 bridgehead atoms. The fourth-order valence-electron chi connectivity index (χ4n) is 3.94. The van der Waals surface area contributed by atoms with E-state index in [0.29, 0.717) is 29.2 Å². The van der Waals surface area contributed by atoms with Crippen LogP contribution in [-0.4, -0.2) is 29.7 Å². The molecule has 2 heterocycles. The van der Waals surface area contributed by atoms with Gasteiger partial charge in [-0.15, -0.1) is 0 Å². The van der Waals surface area contributed by atoms with Gasteiger partial charge in [-0.05, 0) is 55.6 Å². The molecule has 0 spiro atoms. The van der Waals surface area contributed by atoms with Crippen LogP contribution in [0.5, 0.6) is 5.75 Å². The topological polar surface area (TPSA) is 42.6 Å². The highest BCUT2D eigenvalue weighted by molar-refractivity contribution is 6.30. The van der Waals surface area contributed by atoms with Gasteiger partial charge in [0.1, 0.15) is 11.6 Å². The maximum absolute atomic E-state index is 13.6. The molecule has 1 aliphatic heterocycles. The van der Waals surface area contributed by atoms with Gasteiger partial charge < -0.3 is 9.64 Å². The van der Waals surface area contributed by atoms with Gasteiger partial charge in [0, 0.05) is 19.2 Å². The summed E-state index contributed by atoms with van der Waals surface area (Å²) in [6.45, 7) is 9.46. The lowest BCUT2D eigenvalue weighted by molar-refractivity contribution is 0.278. The van der Waals surface area contributed by atoms with E-state index in [9.17, 15) is 4.39 Å². The van der Waals surface area contributed by atoms with Gasteiger partial charge in [-0.1, -0.05) is 11.6 Å². The Morgan fingerprint density at radius 3 is 2.64 bits per heavy atom. The molecule has 2 fully saturated rings. The molecule has 0 N–H and O–H groups in total. The van der Waals surface area contributed by atoms with E-state index in [2.05, 4.69) is 19.7 Å². The Labute approximate surface area is 169 Å². The molecule has 4 rings (SSSR count).